The molecule has 5 nitrogen and oxygen atoms in total. The second kappa shape index (κ2) is 5.09. The molecule has 2 aromatic rings. The van der Waals surface area contributed by atoms with Gasteiger partial charge in [-0.05, 0) is 56.7 Å². The summed E-state index contributed by atoms with van der Waals surface area (Å²) in [5.74, 6) is -0.0916. The average Bonchev–Trinajstić information content (AvgIpc) is 2.70. The van der Waals surface area contributed by atoms with Crippen molar-refractivity contribution in [2.24, 2.45) is 0 Å². The third-order valence-electron chi connectivity index (χ3n) is 4.09. The zero-order valence-electron chi connectivity index (χ0n) is 13.2. The Morgan fingerprint density at radius 1 is 1.04 bits per heavy atom. The second-order valence-corrected chi connectivity index (χ2v) is 7.94. The number of amides is 1. The van der Waals surface area contributed by atoms with E-state index in [1.807, 2.05) is 20.8 Å². The van der Waals surface area contributed by atoms with Crippen molar-refractivity contribution < 1.29 is 13.2 Å². The number of carbonyl (C=O) groups is 1. The number of aryl methyl sites for hydroxylation is 1. The first kappa shape index (κ1) is 15.6. The number of anilines is 2. The Morgan fingerprint density at radius 2 is 1.70 bits per heavy atom. The maximum atomic E-state index is 12.4. The molecule has 1 amide bonds. The molecule has 0 unspecified atom stereocenters. The molecular formula is C17H18N2O3S. The first-order chi connectivity index (χ1) is 10.7. The summed E-state index contributed by atoms with van der Waals surface area (Å²) in [5, 5.41) is 2.80. The molecule has 1 aliphatic rings. The highest BCUT2D eigenvalue weighted by Crippen LogP contribution is 2.38. The van der Waals surface area contributed by atoms with E-state index in [-0.39, 0.29) is 10.8 Å². The van der Waals surface area contributed by atoms with E-state index in [2.05, 4.69) is 10.0 Å². The molecule has 0 radical (unpaired) electrons. The van der Waals surface area contributed by atoms with Crippen LogP contribution in [0.3, 0.4) is 0 Å². The van der Waals surface area contributed by atoms with Crippen LogP contribution in [0.2, 0.25) is 0 Å². The van der Waals surface area contributed by atoms with Crippen LogP contribution in [0.1, 0.15) is 25.0 Å². The number of hydrogen-bond donors (Lipinski definition) is 2. The largest absolute Gasteiger partial charge is 0.325 e. The Kier molecular flexibility index (Phi) is 3.44. The Hall–Kier alpha value is -2.34. The summed E-state index contributed by atoms with van der Waals surface area (Å²) >= 11 is 0. The van der Waals surface area contributed by atoms with Gasteiger partial charge in [0.2, 0.25) is 5.91 Å². The summed E-state index contributed by atoms with van der Waals surface area (Å²) in [7, 11) is -3.65. The fourth-order valence-electron chi connectivity index (χ4n) is 2.57. The quantitative estimate of drug-likeness (QED) is 0.908. The van der Waals surface area contributed by atoms with Crippen LogP contribution in [0.5, 0.6) is 0 Å². The number of nitrogens with one attached hydrogen (secondary N) is 2. The smallest absolute Gasteiger partial charge is 0.261 e. The number of rotatable bonds is 3. The summed E-state index contributed by atoms with van der Waals surface area (Å²) in [6, 6.07) is 11.7. The van der Waals surface area contributed by atoms with E-state index in [0.717, 1.165) is 16.8 Å². The van der Waals surface area contributed by atoms with Gasteiger partial charge in [-0.15, -0.1) is 0 Å². The summed E-state index contributed by atoms with van der Waals surface area (Å²) in [5.41, 5.74) is 2.26. The van der Waals surface area contributed by atoms with E-state index >= 15 is 0 Å². The van der Waals surface area contributed by atoms with Gasteiger partial charge in [0.25, 0.3) is 10.0 Å². The van der Waals surface area contributed by atoms with Gasteiger partial charge >= 0.3 is 0 Å². The van der Waals surface area contributed by atoms with Crippen LogP contribution in [0.15, 0.2) is 47.4 Å². The number of carbonyl (C=O) groups excluding carboxylic acids is 1. The third kappa shape index (κ3) is 2.70. The van der Waals surface area contributed by atoms with Gasteiger partial charge in [-0.25, -0.2) is 8.42 Å². The molecule has 0 atom stereocenters. The molecule has 0 saturated heterocycles. The monoisotopic (exact) mass is 330 g/mol. The number of sulfonamides is 1. The van der Waals surface area contributed by atoms with Crippen LogP contribution < -0.4 is 10.0 Å². The van der Waals surface area contributed by atoms with Crippen molar-refractivity contribution in [1.29, 1.82) is 0 Å². The Labute approximate surface area is 135 Å². The zero-order chi connectivity index (χ0) is 16.8. The van der Waals surface area contributed by atoms with Crippen molar-refractivity contribution >= 4 is 27.3 Å². The Morgan fingerprint density at radius 3 is 2.35 bits per heavy atom. The normalized spacial score (nSPS) is 15.9. The number of fused-ring (bicyclic) bond motifs is 1. The summed E-state index contributed by atoms with van der Waals surface area (Å²) in [4.78, 5) is 12.2. The number of benzene rings is 2. The third-order valence-corrected chi connectivity index (χ3v) is 5.49. The van der Waals surface area contributed by atoms with Gasteiger partial charge in [0.05, 0.1) is 10.3 Å². The molecule has 23 heavy (non-hydrogen) atoms. The van der Waals surface area contributed by atoms with E-state index in [9.17, 15) is 13.2 Å². The fraction of sp³-hybridized carbons (Fsp3) is 0.235. The first-order valence-electron chi connectivity index (χ1n) is 7.26. The molecule has 0 aromatic heterocycles. The summed E-state index contributed by atoms with van der Waals surface area (Å²) in [6.07, 6.45) is 0. The minimum Gasteiger partial charge on any atom is -0.325 e. The molecule has 120 valence electrons. The Balaban J connectivity index is 1.94. The lowest BCUT2D eigenvalue weighted by Gasteiger charge is -2.16. The Bertz CT molecular complexity index is 885. The lowest BCUT2D eigenvalue weighted by Crippen LogP contribution is -2.26. The van der Waals surface area contributed by atoms with E-state index in [1.54, 1.807) is 42.5 Å². The van der Waals surface area contributed by atoms with Crippen molar-refractivity contribution in [3.63, 3.8) is 0 Å². The highest BCUT2D eigenvalue weighted by molar-refractivity contribution is 7.92. The summed E-state index contributed by atoms with van der Waals surface area (Å²) in [6.45, 7) is 5.52. The van der Waals surface area contributed by atoms with E-state index in [0.29, 0.717) is 5.69 Å². The molecule has 1 aliphatic heterocycles. The van der Waals surface area contributed by atoms with Gasteiger partial charge in [0, 0.05) is 11.4 Å². The molecule has 0 fully saturated rings. The van der Waals surface area contributed by atoms with Gasteiger partial charge in [-0.2, -0.15) is 0 Å². The topological polar surface area (TPSA) is 75.3 Å². The fourth-order valence-corrected chi connectivity index (χ4v) is 3.62. The highest BCUT2D eigenvalue weighted by Gasteiger charge is 2.38. The number of hydrogen-bond acceptors (Lipinski definition) is 3. The van der Waals surface area contributed by atoms with Gasteiger partial charge < -0.3 is 5.32 Å². The zero-order valence-corrected chi connectivity index (χ0v) is 14.0. The molecule has 0 bridgehead atoms. The predicted molar refractivity (Wildman–Crippen MR) is 90.1 cm³/mol. The molecule has 3 rings (SSSR count). The summed E-state index contributed by atoms with van der Waals surface area (Å²) < 4.78 is 27.5. The van der Waals surface area contributed by atoms with Crippen molar-refractivity contribution in [2.75, 3.05) is 10.0 Å². The van der Waals surface area contributed by atoms with Gasteiger partial charge in [0.15, 0.2) is 0 Å². The SMILES string of the molecule is Cc1ccc(S(=O)(=O)Nc2ccc3c(c2)C(C)(C)C(=O)N3)cc1. The van der Waals surface area contributed by atoms with Crippen molar-refractivity contribution in [2.45, 2.75) is 31.1 Å². The van der Waals surface area contributed by atoms with Gasteiger partial charge in [-0.3, -0.25) is 9.52 Å². The maximum Gasteiger partial charge on any atom is 0.261 e. The maximum absolute atomic E-state index is 12.4. The lowest BCUT2D eigenvalue weighted by atomic mass is 9.86. The first-order valence-corrected chi connectivity index (χ1v) is 8.74. The molecular weight excluding hydrogens is 312 g/mol. The molecule has 2 aromatic carbocycles. The van der Waals surface area contributed by atoms with Crippen LogP contribution in [-0.2, 0) is 20.2 Å². The molecule has 6 heteroatoms. The minimum absolute atomic E-state index is 0.0916. The van der Waals surface area contributed by atoms with Crippen molar-refractivity contribution in [1.82, 2.24) is 0 Å². The van der Waals surface area contributed by atoms with Crippen LogP contribution in [0.25, 0.3) is 0 Å². The van der Waals surface area contributed by atoms with Crippen LogP contribution in [0.4, 0.5) is 11.4 Å². The van der Waals surface area contributed by atoms with Gasteiger partial charge in [0.1, 0.15) is 0 Å². The van der Waals surface area contributed by atoms with E-state index in [4.69, 9.17) is 0 Å². The molecule has 1 heterocycles. The standard InChI is InChI=1S/C17H18N2O3S/c1-11-4-7-13(8-5-11)23(21,22)19-12-6-9-15-14(10-12)17(2,3)16(20)18-15/h4-10,19H,1-3H3,(H,18,20). The molecule has 0 spiro atoms. The predicted octanol–water partition coefficient (Wildman–Crippen LogP) is 3.03. The molecule has 0 saturated carbocycles. The minimum atomic E-state index is -3.65. The molecule has 2 N–H and O–H groups in total. The van der Waals surface area contributed by atoms with Gasteiger partial charge in [-0.1, -0.05) is 17.7 Å². The second-order valence-electron chi connectivity index (χ2n) is 6.26. The van der Waals surface area contributed by atoms with E-state index in [1.165, 1.54) is 0 Å². The lowest BCUT2D eigenvalue weighted by molar-refractivity contribution is -0.119. The highest BCUT2D eigenvalue weighted by atomic mass is 32.2. The van der Waals surface area contributed by atoms with Crippen LogP contribution >= 0.6 is 0 Å². The van der Waals surface area contributed by atoms with Crippen LogP contribution in [0, 0.1) is 6.92 Å². The van der Waals surface area contributed by atoms with E-state index < -0.39 is 15.4 Å². The molecule has 0 aliphatic carbocycles. The van der Waals surface area contributed by atoms with Crippen molar-refractivity contribution in [3.8, 4) is 0 Å². The average molecular weight is 330 g/mol. The van der Waals surface area contributed by atoms with Crippen molar-refractivity contribution in [3.05, 3.63) is 53.6 Å². The van der Waals surface area contributed by atoms with Crippen LogP contribution in [-0.4, -0.2) is 14.3 Å².